The Labute approximate surface area is 145 Å². The second-order valence-electron chi connectivity index (χ2n) is 4.99. The summed E-state index contributed by atoms with van der Waals surface area (Å²) in [6.45, 7) is 1.72. The number of sulfonamides is 1. The Kier molecular flexibility index (Phi) is 5.94. The minimum absolute atomic E-state index is 0.0230. The van der Waals surface area contributed by atoms with Gasteiger partial charge in [0.2, 0.25) is 10.0 Å². The van der Waals surface area contributed by atoms with Crippen LogP contribution in [0.2, 0.25) is 0 Å². The minimum Gasteiger partial charge on any atom is -0.495 e. The van der Waals surface area contributed by atoms with E-state index in [2.05, 4.69) is 9.88 Å². The van der Waals surface area contributed by atoms with Gasteiger partial charge >= 0.3 is 5.97 Å². The Hall–Kier alpha value is -2.65. The molecule has 25 heavy (non-hydrogen) atoms. The van der Waals surface area contributed by atoms with Crippen LogP contribution >= 0.6 is 0 Å². The predicted molar refractivity (Wildman–Crippen MR) is 89.3 cm³/mol. The molecule has 0 atom stereocenters. The highest BCUT2D eigenvalue weighted by atomic mass is 32.2. The molecule has 0 aliphatic heterocycles. The van der Waals surface area contributed by atoms with E-state index in [1.54, 1.807) is 19.1 Å². The summed E-state index contributed by atoms with van der Waals surface area (Å²) in [6, 6.07) is 6.19. The van der Waals surface area contributed by atoms with Gasteiger partial charge in [-0.1, -0.05) is 11.2 Å². The van der Waals surface area contributed by atoms with Gasteiger partial charge in [0.15, 0.2) is 12.4 Å². The molecule has 1 aromatic carbocycles. The maximum Gasteiger partial charge on any atom is 0.331 e. The SMILES string of the molecule is CNS(=O)(=O)c1cc(/C=C/C(=O)OCc2cc(C)no2)ccc1OC. The van der Waals surface area contributed by atoms with Gasteiger partial charge < -0.3 is 14.0 Å². The Morgan fingerprint density at radius 3 is 2.72 bits per heavy atom. The van der Waals surface area contributed by atoms with Crippen molar-refractivity contribution in [1.82, 2.24) is 9.88 Å². The zero-order chi connectivity index (χ0) is 18.4. The summed E-state index contributed by atoms with van der Waals surface area (Å²) < 4.78 is 41.2. The first-order chi connectivity index (χ1) is 11.9. The van der Waals surface area contributed by atoms with Gasteiger partial charge in [0.25, 0.3) is 0 Å². The summed E-state index contributed by atoms with van der Waals surface area (Å²) in [7, 11) is -1.01. The fourth-order valence-electron chi connectivity index (χ4n) is 1.96. The van der Waals surface area contributed by atoms with Crippen molar-refractivity contribution >= 4 is 22.1 Å². The van der Waals surface area contributed by atoms with Crippen molar-refractivity contribution in [3.8, 4) is 5.75 Å². The molecule has 8 nitrogen and oxygen atoms in total. The average molecular weight is 366 g/mol. The molecule has 0 aliphatic carbocycles. The van der Waals surface area contributed by atoms with E-state index >= 15 is 0 Å². The van der Waals surface area contributed by atoms with Gasteiger partial charge in [-0.3, -0.25) is 0 Å². The molecule has 1 N–H and O–H groups in total. The van der Waals surface area contributed by atoms with Gasteiger partial charge in [0.05, 0.1) is 12.8 Å². The van der Waals surface area contributed by atoms with Crippen LogP contribution in [0.15, 0.2) is 39.8 Å². The number of nitrogens with one attached hydrogen (secondary N) is 1. The summed E-state index contributed by atoms with van der Waals surface area (Å²) in [5.74, 6) is 0.0451. The first kappa shape index (κ1) is 18.7. The summed E-state index contributed by atoms with van der Waals surface area (Å²) in [5, 5.41) is 3.69. The number of nitrogens with zero attached hydrogens (tertiary/aromatic N) is 1. The second kappa shape index (κ2) is 7.95. The van der Waals surface area contributed by atoms with Gasteiger partial charge in [0.1, 0.15) is 10.6 Å². The molecule has 1 heterocycles. The molecule has 0 radical (unpaired) electrons. The highest BCUT2D eigenvalue weighted by Crippen LogP contribution is 2.25. The topological polar surface area (TPSA) is 108 Å². The average Bonchev–Trinajstić information content (AvgIpc) is 3.03. The van der Waals surface area contributed by atoms with E-state index in [-0.39, 0.29) is 17.3 Å². The van der Waals surface area contributed by atoms with Crippen LogP contribution in [0.4, 0.5) is 0 Å². The highest BCUT2D eigenvalue weighted by molar-refractivity contribution is 7.89. The molecular weight excluding hydrogens is 348 g/mol. The molecule has 0 spiro atoms. The summed E-state index contributed by atoms with van der Waals surface area (Å²) >= 11 is 0. The van der Waals surface area contributed by atoms with Crippen LogP contribution in [0.1, 0.15) is 17.0 Å². The van der Waals surface area contributed by atoms with Gasteiger partial charge in [0, 0.05) is 12.1 Å². The molecule has 1 aromatic heterocycles. The van der Waals surface area contributed by atoms with Crippen LogP contribution in [0.25, 0.3) is 6.08 Å². The second-order valence-corrected chi connectivity index (χ2v) is 6.85. The quantitative estimate of drug-likeness (QED) is 0.586. The molecule has 0 saturated carbocycles. The van der Waals surface area contributed by atoms with Crippen LogP contribution < -0.4 is 9.46 Å². The van der Waals surface area contributed by atoms with Crippen molar-refractivity contribution < 1.29 is 27.2 Å². The van der Waals surface area contributed by atoms with Gasteiger partial charge in [-0.25, -0.2) is 17.9 Å². The number of ether oxygens (including phenoxy) is 2. The van der Waals surface area contributed by atoms with E-state index in [0.717, 1.165) is 0 Å². The number of carbonyl (C=O) groups is 1. The number of esters is 1. The Balaban J connectivity index is 2.09. The maximum absolute atomic E-state index is 12.0. The largest absolute Gasteiger partial charge is 0.495 e. The number of aromatic nitrogens is 1. The van der Waals surface area contributed by atoms with Crippen molar-refractivity contribution in [3.05, 3.63) is 47.4 Å². The lowest BCUT2D eigenvalue weighted by molar-refractivity contribution is -0.139. The van der Waals surface area contributed by atoms with Crippen LogP contribution in [0.3, 0.4) is 0 Å². The summed E-state index contributed by atoms with van der Waals surface area (Å²) in [6.07, 6.45) is 2.64. The van der Waals surface area contributed by atoms with Crippen molar-refractivity contribution in [2.45, 2.75) is 18.4 Å². The lowest BCUT2D eigenvalue weighted by Gasteiger charge is -2.09. The normalized spacial score (nSPS) is 11.6. The van der Waals surface area contributed by atoms with Gasteiger partial charge in [-0.05, 0) is 37.7 Å². The number of rotatable bonds is 7. The molecule has 0 saturated heterocycles. The van der Waals surface area contributed by atoms with E-state index in [0.29, 0.717) is 17.0 Å². The minimum atomic E-state index is -3.69. The molecular formula is C16H18N2O6S. The molecule has 0 fully saturated rings. The number of methoxy groups -OCH3 is 1. The lowest BCUT2D eigenvalue weighted by atomic mass is 10.2. The number of hydrogen-bond acceptors (Lipinski definition) is 7. The third-order valence-corrected chi connectivity index (χ3v) is 4.63. The van der Waals surface area contributed by atoms with Crippen molar-refractivity contribution in [1.29, 1.82) is 0 Å². The lowest BCUT2D eigenvalue weighted by Crippen LogP contribution is -2.19. The van der Waals surface area contributed by atoms with Crippen molar-refractivity contribution in [3.63, 3.8) is 0 Å². The van der Waals surface area contributed by atoms with Crippen molar-refractivity contribution in [2.75, 3.05) is 14.2 Å². The summed E-state index contributed by atoms with van der Waals surface area (Å²) in [5.41, 5.74) is 1.19. The molecule has 9 heteroatoms. The smallest absolute Gasteiger partial charge is 0.331 e. The van der Waals surface area contributed by atoms with E-state index in [4.69, 9.17) is 14.0 Å². The Morgan fingerprint density at radius 2 is 2.12 bits per heavy atom. The number of aryl methyl sites for hydroxylation is 1. The molecule has 2 rings (SSSR count). The number of benzene rings is 1. The van der Waals surface area contributed by atoms with E-state index < -0.39 is 16.0 Å². The third kappa shape index (κ3) is 4.91. The highest BCUT2D eigenvalue weighted by Gasteiger charge is 2.17. The zero-order valence-electron chi connectivity index (χ0n) is 14.0. The fraction of sp³-hybridized carbons (Fsp3) is 0.250. The molecule has 134 valence electrons. The van der Waals surface area contributed by atoms with Gasteiger partial charge in [-0.15, -0.1) is 0 Å². The number of hydrogen-bond donors (Lipinski definition) is 1. The van der Waals surface area contributed by atoms with Gasteiger partial charge in [-0.2, -0.15) is 0 Å². The molecule has 2 aromatic rings. The maximum atomic E-state index is 12.0. The van der Waals surface area contributed by atoms with Crippen LogP contribution in [-0.4, -0.2) is 33.7 Å². The predicted octanol–water partition coefficient (Wildman–Crippen LogP) is 1.66. The summed E-state index contributed by atoms with van der Waals surface area (Å²) in [4.78, 5) is 11.7. The van der Waals surface area contributed by atoms with E-state index in [9.17, 15) is 13.2 Å². The zero-order valence-corrected chi connectivity index (χ0v) is 14.8. The van der Waals surface area contributed by atoms with Crippen LogP contribution in [-0.2, 0) is 26.2 Å². The Bertz CT molecular complexity index is 886. The van der Waals surface area contributed by atoms with Crippen LogP contribution in [0, 0.1) is 6.92 Å². The standard InChI is InChI=1S/C16H18N2O6S/c1-11-8-13(24-18-11)10-23-16(19)7-5-12-4-6-14(22-3)15(9-12)25(20,21)17-2/h4-9,17H,10H2,1-3H3/b7-5+. The van der Waals surface area contributed by atoms with Crippen LogP contribution in [0.5, 0.6) is 5.75 Å². The van der Waals surface area contributed by atoms with E-state index in [1.807, 2.05) is 0 Å². The molecule has 0 aliphatic rings. The first-order valence-corrected chi connectivity index (χ1v) is 8.72. The fourth-order valence-corrected chi connectivity index (χ4v) is 2.88. The number of carbonyl (C=O) groups excluding carboxylic acids is 1. The van der Waals surface area contributed by atoms with E-state index in [1.165, 1.54) is 38.4 Å². The molecule has 0 amide bonds. The monoisotopic (exact) mass is 366 g/mol. The van der Waals surface area contributed by atoms with Crippen molar-refractivity contribution in [2.24, 2.45) is 0 Å². The first-order valence-electron chi connectivity index (χ1n) is 7.24. The molecule has 0 bridgehead atoms. The Morgan fingerprint density at radius 1 is 1.36 bits per heavy atom. The third-order valence-electron chi connectivity index (χ3n) is 3.19. The molecule has 0 unspecified atom stereocenters.